The van der Waals surface area contributed by atoms with Crippen LogP contribution in [0.1, 0.15) is 12.7 Å². The number of tetrazole rings is 1. The normalized spacial score (nSPS) is 11.8. The zero-order valence-electron chi connectivity index (χ0n) is 10.8. The average molecular weight is 291 g/mol. The number of nitrogens with one attached hydrogen (secondary N) is 1. The molecule has 0 spiro atoms. The molecule has 1 amide bonds. The van der Waals surface area contributed by atoms with Crippen LogP contribution in [-0.2, 0) is 11.3 Å². The molecule has 2 aromatic rings. The zero-order chi connectivity index (χ0) is 14.4. The Kier molecular flexibility index (Phi) is 4.79. The molecular formula is C12H13N5O2S. The van der Waals surface area contributed by atoms with Gasteiger partial charge >= 0.3 is 0 Å². The molecule has 0 saturated carbocycles. The Morgan fingerprint density at radius 2 is 2.55 bits per heavy atom. The predicted molar refractivity (Wildman–Crippen MR) is 72.8 cm³/mol. The van der Waals surface area contributed by atoms with Gasteiger partial charge in [0.15, 0.2) is 0 Å². The number of carbonyl (C=O) groups excluding carboxylic acids is 1. The van der Waals surface area contributed by atoms with Crippen molar-refractivity contribution in [1.82, 2.24) is 25.5 Å². The van der Waals surface area contributed by atoms with E-state index in [4.69, 9.17) is 10.8 Å². The van der Waals surface area contributed by atoms with E-state index >= 15 is 0 Å². The Morgan fingerprint density at radius 1 is 1.70 bits per heavy atom. The van der Waals surface area contributed by atoms with Crippen molar-refractivity contribution in [1.29, 1.82) is 0 Å². The monoisotopic (exact) mass is 291 g/mol. The van der Waals surface area contributed by atoms with E-state index in [9.17, 15) is 4.79 Å². The highest BCUT2D eigenvalue weighted by molar-refractivity contribution is 8.00. The molecular weight excluding hydrogens is 278 g/mol. The van der Waals surface area contributed by atoms with Crippen LogP contribution in [0.15, 0.2) is 28.0 Å². The van der Waals surface area contributed by atoms with Crippen molar-refractivity contribution in [3.8, 4) is 12.3 Å². The summed E-state index contributed by atoms with van der Waals surface area (Å²) in [4.78, 5) is 11.7. The largest absolute Gasteiger partial charge is 0.467 e. The molecule has 2 heterocycles. The van der Waals surface area contributed by atoms with Crippen molar-refractivity contribution in [3.05, 3.63) is 24.2 Å². The maximum Gasteiger partial charge on any atom is 0.234 e. The minimum absolute atomic E-state index is 0.152. The summed E-state index contributed by atoms with van der Waals surface area (Å²) in [5, 5.41) is 14.2. The number of nitrogens with zero attached hydrogens (tertiary/aromatic N) is 4. The summed E-state index contributed by atoms with van der Waals surface area (Å²) in [5.41, 5.74) is 0. The lowest BCUT2D eigenvalue weighted by atomic mass is 10.4. The van der Waals surface area contributed by atoms with Crippen molar-refractivity contribution < 1.29 is 9.21 Å². The number of carbonyl (C=O) groups is 1. The molecule has 7 nitrogen and oxygen atoms in total. The van der Waals surface area contributed by atoms with Crippen molar-refractivity contribution in [2.24, 2.45) is 0 Å². The summed E-state index contributed by atoms with van der Waals surface area (Å²) < 4.78 is 6.82. The summed E-state index contributed by atoms with van der Waals surface area (Å²) in [5.74, 6) is 2.94. The lowest BCUT2D eigenvalue weighted by Crippen LogP contribution is -2.31. The Labute approximate surface area is 120 Å². The third kappa shape index (κ3) is 3.61. The van der Waals surface area contributed by atoms with Gasteiger partial charge in [-0.1, -0.05) is 17.7 Å². The lowest BCUT2D eigenvalue weighted by molar-refractivity contribution is -0.120. The molecule has 0 bridgehead atoms. The van der Waals surface area contributed by atoms with Gasteiger partial charge in [-0.3, -0.25) is 4.79 Å². The van der Waals surface area contributed by atoms with Crippen LogP contribution in [0.4, 0.5) is 0 Å². The molecule has 1 N–H and O–H groups in total. The highest BCUT2D eigenvalue weighted by Crippen LogP contribution is 2.20. The van der Waals surface area contributed by atoms with Crippen LogP contribution in [0.2, 0.25) is 0 Å². The second kappa shape index (κ2) is 6.77. The first kappa shape index (κ1) is 14.1. The molecule has 0 radical (unpaired) electrons. The lowest BCUT2D eigenvalue weighted by Gasteiger charge is -2.09. The third-order valence-electron chi connectivity index (χ3n) is 2.40. The van der Waals surface area contributed by atoms with Gasteiger partial charge in [0.2, 0.25) is 11.1 Å². The number of hydrogen-bond donors (Lipinski definition) is 1. The van der Waals surface area contributed by atoms with Crippen molar-refractivity contribution in [2.45, 2.75) is 23.9 Å². The Morgan fingerprint density at radius 3 is 3.25 bits per heavy atom. The summed E-state index contributed by atoms with van der Waals surface area (Å²) in [6.07, 6.45) is 6.68. The summed E-state index contributed by atoms with van der Waals surface area (Å²) in [7, 11) is 0. The molecule has 1 atom stereocenters. The van der Waals surface area contributed by atoms with Crippen molar-refractivity contribution >= 4 is 17.7 Å². The molecule has 1 unspecified atom stereocenters. The molecule has 0 fully saturated rings. The number of furan rings is 1. The number of amides is 1. The van der Waals surface area contributed by atoms with E-state index in [1.807, 2.05) is 6.07 Å². The number of thioether (sulfide) groups is 1. The van der Waals surface area contributed by atoms with E-state index in [-0.39, 0.29) is 17.7 Å². The van der Waals surface area contributed by atoms with E-state index in [1.54, 1.807) is 23.9 Å². The van der Waals surface area contributed by atoms with Gasteiger partial charge in [0, 0.05) is 0 Å². The molecule has 0 aromatic carbocycles. The van der Waals surface area contributed by atoms with Gasteiger partial charge in [0.05, 0.1) is 18.1 Å². The second-order valence-corrected chi connectivity index (χ2v) is 5.19. The van der Waals surface area contributed by atoms with Crippen molar-refractivity contribution in [3.63, 3.8) is 0 Å². The number of rotatable bonds is 6. The fourth-order valence-electron chi connectivity index (χ4n) is 1.42. The Balaban J connectivity index is 1.98. The number of aromatic nitrogens is 4. The van der Waals surface area contributed by atoms with Crippen molar-refractivity contribution in [2.75, 3.05) is 6.54 Å². The van der Waals surface area contributed by atoms with E-state index in [1.165, 1.54) is 11.8 Å². The molecule has 0 saturated heterocycles. The molecule has 20 heavy (non-hydrogen) atoms. The standard InChI is InChI=1S/C12H13N5O2S/c1-3-6-13-11(18)9(2)20-12-14-15-16-17(12)8-10-5-4-7-19-10/h1,4-5,7,9H,6,8H2,2H3,(H,13,18). The third-order valence-corrected chi connectivity index (χ3v) is 3.47. The zero-order valence-corrected chi connectivity index (χ0v) is 11.6. The van der Waals surface area contributed by atoms with Crippen LogP contribution in [0.25, 0.3) is 0 Å². The summed E-state index contributed by atoms with van der Waals surface area (Å²) >= 11 is 1.26. The minimum atomic E-state index is -0.343. The van der Waals surface area contributed by atoms with Gasteiger partial charge in [0.25, 0.3) is 0 Å². The van der Waals surface area contributed by atoms with Crippen LogP contribution >= 0.6 is 11.8 Å². The molecule has 0 aliphatic carbocycles. The number of hydrogen-bond acceptors (Lipinski definition) is 6. The topological polar surface area (TPSA) is 85.8 Å². The molecule has 104 valence electrons. The molecule has 8 heteroatoms. The van der Waals surface area contributed by atoms with Crippen LogP contribution in [0, 0.1) is 12.3 Å². The van der Waals surface area contributed by atoms with Gasteiger partial charge in [-0.25, -0.2) is 4.68 Å². The molecule has 0 aliphatic heterocycles. The smallest absolute Gasteiger partial charge is 0.234 e. The SMILES string of the molecule is C#CCNC(=O)C(C)Sc1nnnn1Cc1ccco1. The maximum absolute atomic E-state index is 11.7. The molecule has 2 aromatic heterocycles. The highest BCUT2D eigenvalue weighted by Gasteiger charge is 2.18. The first-order valence-electron chi connectivity index (χ1n) is 5.87. The fourth-order valence-corrected chi connectivity index (χ4v) is 2.24. The minimum Gasteiger partial charge on any atom is -0.467 e. The van der Waals surface area contributed by atoms with E-state index in [0.29, 0.717) is 11.7 Å². The van der Waals surface area contributed by atoms with E-state index < -0.39 is 0 Å². The molecule has 2 rings (SSSR count). The quantitative estimate of drug-likeness (QED) is 0.618. The van der Waals surface area contributed by atoms with Crippen LogP contribution < -0.4 is 5.32 Å². The molecule has 0 aliphatic rings. The average Bonchev–Trinajstić information content (AvgIpc) is 3.09. The highest BCUT2D eigenvalue weighted by atomic mass is 32.2. The van der Waals surface area contributed by atoms with Gasteiger partial charge in [-0.2, -0.15) is 0 Å². The summed E-state index contributed by atoms with van der Waals surface area (Å²) in [6.45, 7) is 2.39. The van der Waals surface area contributed by atoms with Gasteiger partial charge in [-0.15, -0.1) is 11.5 Å². The van der Waals surface area contributed by atoms with E-state index in [0.717, 1.165) is 5.76 Å². The van der Waals surface area contributed by atoms with Gasteiger partial charge in [0.1, 0.15) is 12.3 Å². The second-order valence-electron chi connectivity index (χ2n) is 3.88. The van der Waals surface area contributed by atoms with Crippen LogP contribution in [0.3, 0.4) is 0 Å². The van der Waals surface area contributed by atoms with Crippen LogP contribution in [-0.4, -0.2) is 37.9 Å². The summed E-state index contributed by atoms with van der Waals surface area (Å²) in [6, 6.07) is 3.63. The fraction of sp³-hybridized carbons (Fsp3) is 0.333. The Bertz CT molecular complexity index is 602. The van der Waals surface area contributed by atoms with E-state index in [2.05, 4.69) is 26.8 Å². The first-order valence-corrected chi connectivity index (χ1v) is 6.75. The maximum atomic E-state index is 11.7. The van der Waals surface area contributed by atoms with Gasteiger partial charge < -0.3 is 9.73 Å². The Hall–Kier alpha value is -2.27. The van der Waals surface area contributed by atoms with Crippen LogP contribution in [0.5, 0.6) is 0 Å². The number of terminal acetylenes is 1. The first-order chi connectivity index (χ1) is 9.70. The van der Waals surface area contributed by atoms with Gasteiger partial charge in [-0.05, 0) is 29.5 Å². The predicted octanol–water partition coefficient (Wildman–Crippen LogP) is 0.544.